The van der Waals surface area contributed by atoms with Crippen molar-refractivity contribution in [2.24, 2.45) is 0 Å². The van der Waals surface area contributed by atoms with E-state index in [0.717, 1.165) is 0 Å². The molecular weight excluding hydrogens is 158 g/mol. The lowest BCUT2D eigenvalue weighted by atomic mass is 10.0. The maximum absolute atomic E-state index is 4.40. The highest BCUT2D eigenvalue weighted by molar-refractivity contribution is 5.18. The molecule has 1 heteroatoms. The van der Waals surface area contributed by atoms with Crippen LogP contribution in [0.15, 0.2) is 30.3 Å². The fourth-order valence-electron chi connectivity index (χ4n) is 1.52. The Morgan fingerprint density at radius 2 is 1.92 bits per heavy atom. The molecule has 0 N–H and O–H groups in total. The topological polar surface area (TPSA) is 14.1 Å². The van der Waals surface area contributed by atoms with Crippen LogP contribution >= 0.6 is 0 Å². The average Bonchev–Trinajstić information content (AvgIpc) is 2.21. The van der Waals surface area contributed by atoms with Gasteiger partial charge in [-0.1, -0.05) is 50.1 Å². The van der Waals surface area contributed by atoms with Crippen LogP contribution in [0.3, 0.4) is 0 Å². The van der Waals surface area contributed by atoms with Crippen LogP contribution < -0.4 is 5.32 Å². The van der Waals surface area contributed by atoms with Crippen molar-refractivity contribution < 1.29 is 0 Å². The fraction of sp³-hybridized carbons (Fsp3) is 0.500. The number of nitrogens with zero attached hydrogens (tertiary/aromatic N) is 1. The average molecular weight is 176 g/mol. The first-order valence-corrected chi connectivity index (χ1v) is 5.02. The van der Waals surface area contributed by atoms with Crippen LogP contribution in [0.5, 0.6) is 0 Å². The molecule has 0 saturated carbocycles. The molecule has 71 valence electrons. The Bertz CT molecular complexity index is 218. The van der Waals surface area contributed by atoms with Crippen LogP contribution in [0.25, 0.3) is 0 Å². The summed E-state index contributed by atoms with van der Waals surface area (Å²) < 4.78 is 0. The summed E-state index contributed by atoms with van der Waals surface area (Å²) in [5, 5.41) is 4.40. The van der Waals surface area contributed by atoms with Gasteiger partial charge in [0.15, 0.2) is 0 Å². The van der Waals surface area contributed by atoms with Crippen molar-refractivity contribution in [1.29, 1.82) is 0 Å². The molecule has 0 fully saturated rings. The van der Waals surface area contributed by atoms with Crippen molar-refractivity contribution >= 4 is 0 Å². The molecular formula is C12H18N. The number of rotatable bonds is 5. The van der Waals surface area contributed by atoms with Crippen LogP contribution in [0.2, 0.25) is 0 Å². The van der Waals surface area contributed by atoms with Gasteiger partial charge < -0.3 is 0 Å². The minimum atomic E-state index is 0.404. The molecule has 1 radical (unpaired) electrons. The summed E-state index contributed by atoms with van der Waals surface area (Å²) in [7, 11) is 1.91. The standard InChI is InChI=1S/C12H18N/c1-3-4-10-12(13-2)11-8-6-5-7-9-11/h5-9,12H,3-4,10H2,1-2H3. The molecule has 0 amide bonds. The summed E-state index contributed by atoms with van der Waals surface area (Å²) in [6.07, 6.45) is 3.69. The second kappa shape index (κ2) is 5.76. The summed E-state index contributed by atoms with van der Waals surface area (Å²) >= 11 is 0. The van der Waals surface area contributed by atoms with Gasteiger partial charge in [0, 0.05) is 13.1 Å². The Morgan fingerprint density at radius 3 is 2.46 bits per heavy atom. The third kappa shape index (κ3) is 3.19. The van der Waals surface area contributed by atoms with E-state index >= 15 is 0 Å². The smallest absolute Gasteiger partial charge is 0.0492 e. The van der Waals surface area contributed by atoms with Crippen molar-refractivity contribution in [2.45, 2.75) is 32.2 Å². The van der Waals surface area contributed by atoms with Crippen LogP contribution in [0.1, 0.15) is 37.8 Å². The monoisotopic (exact) mass is 176 g/mol. The summed E-state index contributed by atoms with van der Waals surface area (Å²) in [5.74, 6) is 0. The summed E-state index contributed by atoms with van der Waals surface area (Å²) in [6, 6.07) is 10.9. The summed E-state index contributed by atoms with van der Waals surface area (Å²) in [4.78, 5) is 0. The predicted octanol–water partition coefficient (Wildman–Crippen LogP) is 3.15. The number of benzene rings is 1. The summed E-state index contributed by atoms with van der Waals surface area (Å²) in [6.45, 7) is 2.22. The van der Waals surface area contributed by atoms with E-state index in [2.05, 4.69) is 42.6 Å². The van der Waals surface area contributed by atoms with Crippen LogP contribution in [0, 0.1) is 0 Å². The van der Waals surface area contributed by atoms with E-state index < -0.39 is 0 Å². The van der Waals surface area contributed by atoms with Crippen molar-refractivity contribution in [3.05, 3.63) is 35.9 Å². The SMILES string of the molecule is CCCCC([N]C)c1ccccc1. The molecule has 0 bridgehead atoms. The summed E-state index contributed by atoms with van der Waals surface area (Å²) in [5.41, 5.74) is 1.35. The highest BCUT2D eigenvalue weighted by Crippen LogP contribution is 2.19. The van der Waals surface area contributed by atoms with Crippen molar-refractivity contribution in [3.8, 4) is 0 Å². The quantitative estimate of drug-likeness (QED) is 0.654. The normalized spacial score (nSPS) is 12.8. The van der Waals surface area contributed by atoms with E-state index in [9.17, 15) is 0 Å². The highest BCUT2D eigenvalue weighted by Gasteiger charge is 2.07. The molecule has 0 aromatic heterocycles. The zero-order chi connectivity index (χ0) is 9.52. The number of unbranched alkanes of at least 4 members (excludes halogenated alkanes) is 1. The molecule has 1 aromatic carbocycles. The minimum Gasteiger partial charge on any atom is -0.237 e. The second-order valence-corrected chi connectivity index (χ2v) is 3.33. The van der Waals surface area contributed by atoms with Gasteiger partial charge >= 0.3 is 0 Å². The zero-order valence-corrected chi connectivity index (χ0v) is 8.53. The molecule has 13 heavy (non-hydrogen) atoms. The third-order valence-electron chi connectivity index (χ3n) is 2.33. The van der Waals surface area contributed by atoms with E-state index in [4.69, 9.17) is 0 Å². The van der Waals surface area contributed by atoms with E-state index in [1.807, 2.05) is 7.05 Å². The minimum absolute atomic E-state index is 0.404. The first kappa shape index (κ1) is 10.3. The second-order valence-electron chi connectivity index (χ2n) is 3.33. The first-order chi connectivity index (χ1) is 6.38. The van der Waals surface area contributed by atoms with Gasteiger partial charge in [-0.2, -0.15) is 0 Å². The van der Waals surface area contributed by atoms with Crippen LogP contribution in [-0.2, 0) is 0 Å². The Hall–Kier alpha value is -0.820. The molecule has 0 spiro atoms. The lowest BCUT2D eigenvalue weighted by Gasteiger charge is -2.13. The van der Waals surface area contributed by atoms with Gasteiger partial charge in [-0.3, -0.25) is 0 Å². The van der Waals surface area contributed by atoms with Gasteiger partial charge in [-0.15, -0.1) is 0 Å². The predicted molar refractivity (Wildman–Crippen MR) is 56.8 cm³/mol. The van der Waals surface area contributed by atoms with Crippen LogP contribution in [-0.4, -0.2) is 7.05 Å². The van der Waals surface area contributed by atoms with Crippen molar-refractivity contribution in [2.75, 3.05) is 7.05 Å². The van der Waals surface area contributed by atoms with E-state index in [1.54, 1.807) is 0 Å². The largest absolute Gasteiger partial charge is 0.237 e. The van der Waals surface area contributed by atoms with Crippen LogP contribution in [0.4, 0.5) is 0 Å². The van der Waals surface area contributed by atoms with Crippen molar-refractivity contribution in [1.82, 2.24) is 5.32 Å². The Balaban J connectivity index is 2.56. The van der Waals surface area contributed by atoms with Gasteiger partial charge in [0.1, 0.15) is 0 Å². The number of hydrogen-bond acceptors (Lipinski definition) is 0. The maximum atomic E-state index is 4.40. The maximum Gasteiger partial charge on any atom is 0.0492 e. The van der Waals surface area contributed by atoms with E-state index in [0.29, 0.717) is 6.04 Å². The van der Waals surface area contributed by atoms with Gasteiger partial charge in [-0.25, -0.2) is 5.32 Å². The molecule has 1 unspecified atom stereocenters. The molecule has 0 saturated heterocycles. The molecule has 1 aromatic rings. The van der Waals surface area contributed by atoms with Gasteiger partial charge in [0.05, 0.1) is 0 Å². The molecule has 0 aliphatic carbocycles. The van der Waals surface area contributed by atoms with Gasteiger partial charge in [0.2, 0.25) is 0 Å². The molecule has 0 heterocycles. The highest BCUT2D eigenvalue weighted by atomic mass is 14.9. The van der Waals surface area contributed by atoms with E-state index in [-0.39, 0.29) is 0 Å². The Labute approximate surface area is 81.2 Å². The lowest BCUT2D eigenvalue weighted by molar-refractivity contribution is 0.514. The number of hydrogen-bond donors (Lipinski definition) is 0. The molecule has 1 rings (SSSR count). The Morgan fingerprint density at radius 1 is 1.23 bits per heavy atom. The van der Waals surface area contributed by atoms with E-state index in [1.165, 1.54) is 24.8 Å². The van der Waals surface area contributed by atoms with Gasteiger partial charge in [0.25, 0.3) is 0 Å². The lowest BCUT2D eigenvalue weighted by Crippen LogP contribution is -2.09. The molecule has 1 nitrogen and oxygen atoms in total. The molecule has 0 aliphatic rings. The fourth-order valence-corrected chi connectivity index (χ4v) is 1.52. The van der Waals surface area contributed by atoms with Crippen molar-refractivity contribution in [3.63, 3.8) is 0 Å². The van der Waals surface area contributed by atoms with Gasteiger partial charge in [-0.05, 0) is 12.0 Å². The Kier molecular flexibility index (Phi) is 4.55. The molecule has 0 aliphatic heterocycles. The first-order valence-electron chi connectivity index (χ1n) is 5.02. The zero-order valence-electron chi connectivity index (χ0n) is 8.53. The molecule has 1 atom stereocenters. The third-order valence-corrected chi connectivity index (χ3v) is 2.33.